The fourth-order valence-corrected chi connectivity index (χ4v) is 3.24. The Morgan fingerprint density at radius 2 is 1.43 bits per heavy atom. The summed E-state index contributed by atoms with van der Waals surface area (Å²) >= 11 is 0. The Morgan fingerprint density at radius 1 is 0.857 bits per heavy atom. The number of carbonyl (C=O) groups excluding carboxylic acids is 4. The van der Waals surface area contributed by atoms with E-state index in [1.165, 1.54) is 37.4 Å². The van der Waals surface area contributed by atoms with Crippen LogP contribution in [0.1, 0.15) is 57.5 Å². The monoisotopic (exact) mass is 587 g/mol. The fourth-order valence-electron chi connectivity index (χ4n) is 3.24. The maximum atomic E-state index is 12.8. The van der Waals surface area contributed by atoms with E-state index in [2.05, 4.69) is 10.7 Å². The number of aliphatic carboxylic acids is 1. The number of nitrogens with one attached hydrogen (secondary N) is 2. The maximum absolute atomic E-state index is 12.8. The molecule has 0 heterocycles. The third-order valence-electron chi connectivity index (χ3n) is 4.94. The number of nitrogens with zero attached hydrogens (tertiary/aromatic N) is 1. The molecule has 0 aliphatic rings. The van der Waals surface area contributed by atoms with Crippen LogP contribution in [0.2, 0.25) is 0 Å². The number of hydrazine groups is 1. The predicted octanol–water partition coefficient (Wildman–Crippen LogP) is 3.07. The summed E-state index contributed by atoms with van der Waals surface area (Å²) in [6.45, 7) is 10.0. The van der Waals surface area contributed by atoms with Gasteiger partial charge < -0.3 is 29.4 Å². The number of hydrogen-bond acceptors (Lipinski definition) is 9. The number of benzene rings is 2. The van der Waals surface area contributed by atoms with Gasteiger partial charge in [0.05, 0.1) is 0 Å². The van der Waals surface area contributed by atoms with Crippen molar-refractivity contribution < 1.29 is 48.0 Å². The highest BCUT2D eigenvalue weighted by Gasteiger charge is 2.31. The molecule has 0 saturated carbocycles. The zero-order chi connectivity index (χ0) is 31.7. The van der Waals surface area contributed by atoms with Crippen LogP contribution in [0.25, 0.3) is 0 Å². The molecule has 3 amide bonds. The topological polar surface area (TPSA) is 170 Å². The van der Waals surface area contributed by atoms with Gasteiger partial charge in [0, 0.05) is 19.2 Å². The molecule has 1 unspecified atom stereocenters. The van der Waals surface area contributed by atoms with Crippen LogP contribution in [0, 0.1) is 0 Å². The largest absolute Gasteiger partial charge is 0.478 e. The first-order valence-corrected chi connectivity index (χ1v) is 12.9. The molecule has 0 saturated heterocycles. The summed E-state index contributed by atoms with van der Waals surface area (Å²) in [4.78, 5) is 61.3. The fraction of sp³-hybridized carbons (Fsp3) is 0.414. The van der Waals surface area contributed by atoms with E-state index in [1.54, 1.807) is 59.7 Å². The second-order valence-electron chi connectivity index (χ2n) is 11.1. The Morgan fingerprint density at radius 3 is 1.98 bits per heavy atom. The highest BCUT2D eigenvalue weighted by molar-refractivity contribution is 6.02. The molecule has 13 heteroatoms. The smallest absolute Gasteiger partial charge is 0.407 e. The summed E-state index contributed by atoms with van der Waals surface area (Å²) in [6, 6.07) is 12.1. The minimum absolute atomic E-state index is 0.00749. The summed E-state index contributed by atoms with van der Waals surface area (Å²) in [6.07, 6.45) is -2.65. The molecule has 0 fully saturated rings. The molecular formula is C29H37N3O10. The van der Waals surface area contributed by atoms with Crippen molar-refractivity contribution in [2.24, 2.45) is 0 Å². The van der Waals surface area contributed by atoms with Crippen LogP contribution >= 0.6 is 0 Å². The molecule has 0 bridgehead atoms. The molecule has 1 atom stereocenters. The van der Waals surface area contributed by atoms with Crippen molar-refractivity contribution in [1.82, 2.24) is 15.8 Å². The van der Waals surface area contributed by atoms with E-state index in [-0.39, 0.29) is 23.6 Å². The number of carboxylic acid groups (broad SMARTS) is 1. The van der Waals surface area contributed by atoms with Gasteiger partial charge in [-0.15, -0.1) is 0 Å². The first kappa shape index (κ1) is 33.4. The van der Waals surface area contributed by atoms with Crippen molar-refractivity contribution in [2.75, 3.05) is 13.7 Å². The van der Waals surface area contributed by atoms with Crippen LogP contribution in [0.5, 0.6) is 11.5 Å². The molecular weight excluding hydrogens is 550 g/mol. The number of ether oxygens (including phenoxy) is 4. The van der Waals surface area contributed by atoms with Gasteiger partial charge in [0.15, 0.2) is 18.1 Å². The molecule has 228 valence electrons. The highest BCUT2D eigenvalue weighted by Crippen LogP contribution is 2.28. The molecule has 0 spiro atoms. The van der Waals surface area contributed by atoms with E-state index < -0.39 is 53.8 Å². The lowest BCUT2D eigenvalue weighted by Gasteiger charge is -2.22. The molecule has 0 aliphatic carbocycles. The number of alkyl carbamates (subject to hydrolysis) is 1. The number of carbonyl (C=O) groups is 5. The average molecular weight is 588 g/mol. The number of carboxylic acids is 1. The summed E-state index contributed by atoms with van der Waals surface area (Å²) in [5.74, 6) is -4.17. The van der Waals surface area contributed by atoms with E-state index in [1.807, 2.05) is 0 Å². The summed E-state index contributed by atoms with van der Waals surface area (Å²) in [7, 11) is 1.25. The molecule has 0 aliphatic heterocycles. The molecule has 3 N–H and O–H groups in total. The standard InChI is InChI=1S/C29H37N3O10/c1-28(2,3)41-22(33)17-39-20-10-8-9-11-21(20)40-23(26(36)37)24(34)31-32(7)25(35)19-14-12-18(13-15-19)16-30-27(38)42-29(4,5)6/h8-15,23H,16-17H2,1-7H3,(H,30,38)(H,31,34)(H,36,37). The molecule has 0 aromatic heterocycles. The minimum Gasteiger partial charge on any atom is -0.478 e. The van der Waals surface area contributed by atoms with Crippen LogP contribution in [0.3, 0.4) is 0 Å². The lowest BCUT2D eigenvalue weighted by atomic mass is 10.1. The van der Waals surface area contributed by atoms with Crippen LogP contribution in [-0.4, -0.2) is 70.9 Å². The number of amides is 3. The average Bonchev–Trinajstić information content (AvgIpc) is 2.87. The quantitative estimate of drug-likeness (QED) is 0.213. The van der Waals surface area contributed by atoms with Crippen molar-refractivity contribution in [3.05, 3.63) is 59.7 Å². The van der Waals surface area contributed by atoms with Gasteiger partial charge in [0.1, 0.15) is 11.2 Å². The summed E-state index contributed by atoms with van der Waals surface area (Å²) in [5.41, 5.74) is 1.71. The first-order chi connectivity index (χ1) is 19.4. The highest BCUT2D eigenvalue weighted by atomic mass is 16.6. The number of hydrogen-bond donors (Lipinski definition) is 3. The Hall–Kier alpha value is -4.81. The van der Waals surface area contributed by atoms with E-state index in [0.29, 0.717) is 5.56 Å². The second-order valence-corrected chi connectivity index (χ2v) is 11.1. The van der Waals surface area contributed by atoms with E-state index in [9.17, 15) is 29.1 Å². The predicted molar refractivity (Wildman–Crippen MR) is 150 cm³/mol. The second kappa shape index (κ2) is 14.2. The minimum atomic E-state index is -2.06. The van der Waals surface area contributed by atoms with Gasteiger partial charge in [0.25, 0.3) is 17.9 Å². The van der Waals surface area contributed by atoms with Gasteiger partial charge in [-0.3, -0.25) is 20.0 Å². The van der Waals surface area contributed by atoms with Gasteiger partial charge in [-0.1, -0.05) is 24.3 Å². The van der Waals surface area contributed by atoms with Crippen LogP contribution in [0.15, 0.2) is 48.5 Å². The van der Waals surface area contributed by atoms with Crippen molar-refractivity contribution in [3.8, 4) is 11.5 Å². The van der Waals surface area contributed by atoms with Gasteiger partial charge >= 0.3 is 18.0 Å². The zero-order valence-electron chi connectivity index (χ0n) is 24.7. The first-order valence-electron chi connectivity index (χ1n) is 12.9. The lowest BCUT2D eigenvalue weighted by molar-refractivity contribution is -0.158. The van der Waals surface area contributed by atoms with Crippen molar-refractivity contribution >= 4 is 29.8 Å². The number of esters is 1. The van der Waals surface area contributed by atoms with Crippen molar-refractivity contribution in [2.45, 2.75) is 65.4 Å². The van der Waals surface area contributed by atoms with E-state index in [0.717, 1.165) is 5.01 Å². The molecule has 13 nitrogen and oxygen atoms in total. The van der Waals surface area contributed by atoms with Crippen LogP contribution in [0.4, 0.5) is 4.79 Å². The summed E-state index contributed by atoms with van der Waals surface area (Å²) < 4.78 is 21.2. The Bertz CT molecular complexity index is 1280. The molecule has 2 rings (SSSR count). The Labute approximate surface area is 244 Å². The molecule has 2 aromatic rings. The maximum Gasteiger partial charge on any atom is 0.407 e. The van der Waals surface area contributed by atoms with Crippen LogP contribution < -0.4 is 20.2 Å². The lowest BCUT2D eigenvalue weighted by Crippen LogP contribution is -2.51. The van der Waals surface area contributed by atoms with Crippen LogP contribution in [-0.2, 0) is 30.4 Å². The van der Waals surface area contributed by atoms with Crippen molar-refractivity contribution in [3.63, 3.8) is 0 Å². The normalized spacial score (nSPS) is 11.9. The zero-order valence-corrected chi connectivity index (χ0v) is 24.7. The van der Waals surface area contributed by atoms with Gasteiger partial charge in [-0.25, -0.2) is 14.4 Å². The molecule has 0 radical (unpaired) electrons. The number of para-hydroxylation sites is 2. The van der Waals surface area contributed by atoms with Crippen molar-refractivity contribution in [1.29, 1.82) is 0 Å². The molecule has 2 aromatic carbocycles. The van der Waals surface area contributed by atoms with Gasteiger partial charge in [-0.05, 0) is 71.4 Å². The van der Waals surface area contributed by atoms with E-state index >= 15 is 0 Å². The Kier molecular flexibility index (Phi) is 11.3. The third-order valence-corrected chi connectivity index (χ3v) is 4.94. The third kappa shape index (κ3) is 11.4. The Balaban J connectivity index is 2.01. The molecule has 42 heavy (non-hydrogen) atoms. The van der Waals surface area contributed by atoms with Gasteiger partial charge in [-0.2, -0.15) is 0 Å². The number of rotatable bonds is 10. The summed E-state index contributed by atoms with van der Waals surface area (Å²) in [5, 5.41) is 13.1. The van der Waals surface area contributed by atoms with Gasteiger partial charge in [0.2, 0.25) is 0 Å². The SMILES string of the molecule is CN(NC(=O)C(Oc1ccccc1OCC(=O)OC(C)(C)C)C(=O)O)C(=O)c1ccc(CNC(=O)OC(C)(C)C)cc1. The van der Waals surface area contributed by atoms with E-state index in [4.69, 9.17) is 18.9 Å².